The summed E-state index contributed by atoms with van der Waals surface area (Å²) in [6.07, 6.45) is 3.57. The molecule has 3 rings (SSSR count). The molecule has 27 heavy (non-hydrogen) atoms. The van der Waals surface area contributed by atoms with Gasteiger partial charge in [-0.15, -0.1) is 22.7 Å². The molecule has 1 aliphatic rings. The Morgan fingerprint density at radius 3 is 2.30 bits per heavy atom. The standard InChI is InChI=1S/C20H28N2O3S2/c1-21-11-12-22(2)15-7-9-16(10-8-15)25-19(23)20(24,17-5-3-13-26-17)18-6-4-14-27-18/h3-6,13-16,21,24H,7-12H2,1-2H3. The van der Waals surface area contributed by atoms with E-state index in [9.17, 15) is 9.90 Å². The van der Waals surface area contributed by atoms with Crippen LogP contribution in [0.2, 0.25) is 0 Å². The number of carbonyl (C=O) groups is 1. The molecule has 0 spiro atoms. The van der Waals surface area contributed by atoms with Gasteiger partial charge in [-0.05, 0) is 62.7 Å². The summed E-state index contributed by atoms with van der Waals surface area (Å²) < 4.78 is 5.81. The molecule has 1 fully saturated rings. The fourth-order valence-electron chi connectivity index (χ4n) is 3.60. The quantitative estimate of drug-likeness (QED) is 0.658. The minimum Gasteiger partial charge on any atom is -0.460 e. The minimum atomic E-state index is -1.71. The smallest absolute Gasteiger partial charge is 0.349 e. The lowest BCUT2D eigenvalue weighted by Crippen LogP contribution is -2.43. The third kappa shape index (κ3) is 4.60. The Labute approximate surface area is 169 Å². The van der Waals surface area contributed by atoms with Crippen LogP contribution in [0.15, 0.2) is 35.0 Å². The number of rotatable bonds is 8. The van der Waals surface area contributed by atoms with Crippen molar-refractivity contribution in [3.63, 3.8) is 0 Å². The van der Waals surface area contributed by atoms with Crippen LogP contribution in [0.3, 0.4) is 0 Å². The molecule has 0 unspecified atom stereocenters. The molecule has 0 radical (unpaired) electrons. The van der Waals surface area contributed by atoms with Crippen LogP contribution >= 0.6 is 22.7 Å². The number of nitrogens with one attached hydrogen (secondary N) is 1. The lowest BCUT2D eigenvalue weighted by molar-refractivity contribution is -0.169. The van der Waals surface area contributed by atoms with Crippen molar-refractivity contribution < 1.29 is 14.6 Å². The monoisotopic (exact) mass is 408 g/mol. The van der Waals surface area contributed by atoms with Crippen molar-refractivity contribution in [1.82, 2.24) is 10.2 Å². The summed E-state index contributed by atoms with van der Waals surface area (Å²) in [6.45, 7) is 1.99. The third-order valence-corrected chi connectivity index (χ3v) is 7.26. The zero-order chi connectivity index (χ0) is 19.3. The van der Waals surface area contributed by atoms with Crippen LogP contribution in [0.4, 0.5) is 0 Å². The van der Waals surface area contributed by atoms with E-state index in [-0.39, 0.29) is 6.10 Å². The Morgan fingerprint density at radius 2 is 1.81 bits per heavy atom. The van der Waals surface area contributed by atoms with Gasteiger partial charge in [-0.2, -0.15) is 0 Å². The molecule has 2 aromatic rings. The van der Waals surface area contributed by atoms with Gasteiger partial charge in [0.05, 0.1) is 9.75 Å². The Hall–Kier alpha value is -1.25. The summed E-state index contributed by atoms with van der Waals surface area (Å²) in [5.41, 5.74) is -1.71. The molecule has 5 nitrogen and oxygen atoms in total. The molecule has 0 saturated heterocycles. The molecule has 0 bridgehead atoms. The van der Waals surface area contributed by atoms with Crippen LogP contribution in [0.1, 0.15) is 35.4 Å². The van der Waals surface area contributed by atoms with Crippen molar-refractivity contribution >= 4 is 28.6 Å². The summed E-state index contributed by atoms with van der Waals surface area (Å²) >= 11 is 2.75. The van der Waals surface area contributed by atoms with Crippen LogP contribution in [0.25, 0.3) is 0 Å². The molecule has 7 heteroatoms. The summed E-state index contributed by atoms with van der Waals surface area (Å²) in [5, 5.41) is 18.2. The summed E-state index contributed by atoms with van der Waals surface area (Å²) in [5.74, 6) is -0.556. The third-order valence-electron chi connectivity index (χ3n) is 5.31. The summed E-state index contributed by atoms with van der Waals surface area (Å²) in [6, 6.07) is 7.80. The number of nitrogens with zero attached hydrogens (tertiary/aromatic N) is 1. The van der Waals surface area contributed by atoms with Crippen LogP contribution < -0.4 is 5.32 Å². The molecular formula is C20H28N2O3S2. The van der Waals surface area contributed by atoms with Gasteiger partial charge in [0.25, 0.3) is 0 Å². The van der Waals surface area contributed by atoms with Crippen molar-refractivity contribution in [2.45, 2.75) is 43.4 Å². The minimum absolute atomic E-state index is 0.127. The van der Waals surface area contributed by atoms with E-state index in [1.807, 2.05) is 29.9 Å². The number of carbonyl (C=O) groups excluding carboxylic acids is 1. The number of ether oxygens (including phenoxy) is 1. The lowest BCUT2D eigenvalue weighted by Gasteiger charge is -2.35. The fraction of sp³-hybridized carbons (Fsp3) is 0.550. The molecule has 1 saturated carbocycles. The van der Waals surface area contributed by atoms with Crippen LogP contribution in [0, 0.1) is 0 Å². The van der Waals surface area contributed by atoms with Gasteiger partial charge in [0.2, 0.25) is 5.60 Å². The van der Waals surface area contributed by atoms with Crippen molar-refractivity contribution in [2.75, 3.05) is 27.2 Å². The maximum absolute atomic E-state index is 13.0. The van der Waals surface area contributed by atoms with Gasteiger partial charge >= 0.3 is 5.97 Å². The zero-order valence-electron chi connectivity index (χ0n) is 15.9. The van der Waals surface area contributed by atoms with Gasteiger partial charge in [0.15, 0.2) is 0 Å². The average molecular weight is 409 g/mol. The predicted molar refractivity (Wildman–Crippen MR) is 110 cm³/mol. The number of esters is 1. The van der Waals surface area contributed by atoms with E-state index >= 15 is 0 Å². The predicted octanol–water partition coefficient (Wildman–Crippen LogP) is 3.05. The lowest BCUT2D eigenvalue weighted by atomic mass is 9.91. The summed E-state index contributed by atoms with van der Waals surface area (Å²) in [7, 11) is 4.12. The van der Waals surface area contributed by atoms with E-state index in [2.05, 4.69) is 17.3 Å². The molecule has 0 aromatic carbocycles. The van der Waals surface area contributed by atoms with Crippen molar-refractivity contribution in [2.24, 2.45) is 0 Å². The van der Waals surface area contributed by atoms with Gasteiger partial charge in [-0.25, -0.2) is 4.79 Å². The second-order valence-electron chi connectivity index (χ2n) is 7.09. The first-order chi connectivity index (χ1) is 13.1. The highest BCUT2D eigenvalue weighted by Gasteiger charge is 2.45. The zero-order valence-corrected chi connectivity index (χ0v) is 17.5. The van der Waals surface area contributed by atoms with Crippen molar-refractivity contribution in [3.8, 4) is 0 Å². The molecular weight excluding hydrogens is 380 g/mol. The van der Waals surface area contributed by atoms with Crippen LogP contribution in [0.5, 0.6) is 0 Å². The van der Waals surface area contributed by atoms with Gasteiger partial charge in [0.1, 0.15) is 6.10 Å². The molecule has 1 aliphatic carbocycles. The van der Waals surface area contributed by atoms with Gasteiger partial charge < -0.3 is 20.1 Å². The first kappa shape index (κ1) is 20.5. The molecule has 2 heterocycles. The van der Waals surface area contributed by atoms with E-state index in [1.165, 1.54) is 22.7 Å². The molecule has 0 amide bonds. The number of hydrogen-bond acceptors (Lipinski definition) is 7. The van der Waals surface area contributed by atoms with Crippen molar-refractivity contribution in [1.29, 1.82) is 0 Å². The molecule has 2 N–H and O–H groups in total. The summed E-state index contributed by atoms with van der Waals surface area (Å²) in [4.78, 5) is 16.6. The van der Waals surface area contributed by atoms with Gasteiger partial charge in [-0.3, -0.25) is 0 Å². The highest BCUT2D eigenvalue weighted by molar-refractivity contribution is 7.12. The number of thiophene rings is 2. The number of hydrogen-bond donors (Lipinski definition) is 2. The Kier molecular flexibility index (Phi) is 7.05. The molecule has 2 aromatic heterocycles. The van der Waals surface area contributed by atoms with E-state index in [0.29, 0.717) is 15.8 Å². The second kappa shape index (κ2) is 9.30. The highest BCUT2D eigenvalue weighted by Crippen LogP contribution is 2.38. The van der Waals surface area contributed by atoms with E-state index in [0.717, 1.165) is 38.8 Å². The SMILES string of the molecule is CNCCN(C)C1CCC(OC(=O)C(O)(c2cccs2)c2cccs2)CC1. The van der Waals surface area contributed by atoms with E-state index in [4.69, 9.17) is 4.74 Å². The topological polar surface area (TPSA) is 61.8 Å². The van der Waals surface area contributed by atoms with Crippen LogP contribution in [-0.4, -0.2) is 55.3 Å². The first-order valence-corrected chi connectivity index (χ1v) is 11.2. The Morgan fingerprint density at radius 1 is 1.22 bits per heavy atom. The van der Waals surface area contributed by atoms with Crippen molar-refractivity contribution in [3.05, 3.63) is 44.8 Å². The largest absolute Gasteiger partial charge is 0.460 e. The fourth-order valence-corrected chi connectivity index (χ4v) is 5.32. The second-order valence-corrected chi connectivity index (χ2v) is 8.98. The maximum Gasteiger partial charge on any atom is 0.349 e. The molecule has 148 valence electrons. The molecule has 0 aliphatic heterocycles. The van der Waals surface area contributed by atoms with Gasteiger partial charge in [-0.1, -0.05) is 12.1 Å². The first-order valence-electron chi connectivity index (χ1n) is 9.42. The Bertz CT molecular complexity index is 661. The van der Waals surface area contributed by atoms with E-state index in [1.54, 1.807) is 12.1 Å². The average Bonchev–Trinajstić information content (AvgIpc) is 3.40. The highest BCUT2D eigenvalue weighted by atomic mass is 32.1. The van der Waals surface area contributed by atoms with Gasteiger partial charge in [0, 0.05) is 19.1 Å². The maximum atomic E-state index is 13.0. The molecule has 0 atom stereocenters. The van der Waals surface area contributed by atoms with E-state index < -0.39 is 11.6 Å². The normalized spacial score (nSPS) is 20.7. The number of likely N-dealkylation sites (N-methyl/N-ethyl adjacent to an activating group) is 2. The van der Waals surface area contributed by atoms with Crippen LogP contribution in [-0.2, 0) is 15.1 Å². The number of aliphatic hydroxyl groups is 1. The Balaban J connectivity index is 1.63.